The SMILES string of the molecule is C[C@@H]1COB(O)c2cc(N)ccc21. The van der Waals surface area contributed by atoms with Gasteiger partial charge in [0.2, 0.25) is 0 Å². The van der Waals surface area contributed by atoms with Gasteiger partial charge in [-0.3, -0.25) is 0 Å². The summed E-state index contributed by atoms with van der Waals surface area (Å²) < 4.78 is 5.17. The highest BCUT2D eigenvalue weighted by Gasteiger charge is 2.28. The summed E-state index contributed by atoms with van der Waals surface area (Å²) in [5, 5.41) is 9.53. The van der Waals surface area contributed by atoms with E-state index in [9.17, 15) is 5.02 Å². The molecule has 0 bridgehead atoms. The molecule has 0 aliphatic carbocycles. The Morgan fingerprint density at radius 3 is 3.15 bits per heavy atom. The zero-order chi connectivity index (χ0) is 9.42. The molecular formula is C9H12BNO2. The topological polar surface area (TPSA) is 55.5 Å². The molecule has 0 aromatic heterocycles. The van der Waals surface area contributed by atoms with Crippen molar-refractivity contribution in [1.29, 1.82) is 0 Å². The third-order valence-electron chi connectivity index (χ3n) is 2.41. The Morgan fingerprint density at radius 1 is 1.62 bits per heavy atom. The maximum Gasteiger partial charge on any atom is 0.491 e. The Labute approximate surface area is 77.7 Å². The van der Waals surface area contributed by atoms with Gasteiger partial charge in [-0.1, -0.05) is 13.0 Å². The van der Waals surface area contributed by atoms with E-state index < -0.39 is 7.12 Å². The van der Waals surface area contributed by atoms with Gasteiger partial charge < -0.3 is 15.4 Å². The molecule has 1 aliphatic rings. The molecule has 0 saturated carbocycles. The number of nitrogens with two attached hydrogens (primary N) is 1. The molecule has 1 aromatic carbocycles. The molecule has 0 amide bonds. The molecule has 1 atom stereocenters. The van der Waals surface area contributed by atoms with Crippen molar-refractivity contribution in [1.82, 2.24) is 0 Å². The summed E-state index contributed by atoms with van der Waals surface area (Å²) in [7, 11) is -0.810. The Bertz CT molecular complexity index is 329. The van der Waals surface area contributed by atoms with Crippen molar-refractivity contribution < 1.29 is 9.68 Å². The summed E-state index contributed by atoms with van der Waals surface area (Å²) in [6.45, 7) is 2.64. The summed E-state index contributed by atoms with van der Waals surface area (Å²) in [4.78, 5) is 0. The van der Waals surface area contributed by atoms with Crippen molar-refractivity contribution in [2.24, 2.45) is 0 Å². The van der Waals surface area contributed by atoms with Crippen LogP contribution in [0.5, 0.6) is 0 Å². The number of anilines is 1. The fourth-order valence-corrected chi connectivity index (χ4v) is 1.67. The van der Waals surface area contributed by atoms with E-state index in [0.29, 0.717) is 18.2 Å². The first-order valence-corrected chi connectivity index (χ1v) is 4.37. The molecule has 1 heterocycles. The number of rotatable bonds is 0. The van der Waals surface area contributed by atoms with E-state index in [4.69, 9.17) is 10.4 Å². The second kappa shape index (κ2) is 3.05. The molecule has 2 rings (SSSR count). The summed E-state index contributed by atoms with van der Waals surface area (Å²) in [5.41, 5.74) is 8.22. The van der Waals surface area contributed by atoms with Gasteiger partial charge in [0.05, 0.1) is 0 Å². The highest BCUT2D eigenvalue weighted by Crippen LogP contribution is 2.19. The van der Waals surface area contributed by atoms with Crippen LogP contribution in [0.3, 0.4) is 0 Å². The lowest BCUT2D eigenvalue weighted by atomic mass is 9.71. The van der Waals surface area contributed by atoms with Gasteiger partial charge in [-0.15, -0.1) is 0 Å². The molecule has 1 aliphatic heterocycles. The molecule has 0 spiro atoms. The van der Waals surface area contributed by atoms with E-state index in [1.807, 2.05) is 12.1 Å². The van der Waals surface area contributed by atoms with Crippen LogP contribution in [0.1, 0.15) is 18.4 Å². The van der Waals surface area contributed by atoms with Crippen molar-refractivity contribution in [3.05, 3.63) is 23.8 Å². The van der Waals surface area contributed by atoms with Gasteiger partial charge in [0, 0.05) is 18.2 Å². The van der Waals surface area contributed by atoms with Gasteiger partial charge in [-0.25, -0.2) is 0 Å². The van der Waals surface area contributed by atoms with Crippen LogP contribution in [-0.4, -0.2) is 18.7 Å². The normalized spacial score (nSPS) is 21.4. The number of nitrogen functional groups attached to an aromatic ring is 1. The van der Waals surface area contributed by atoms with Crippen molar-refractivity contribution >= 4 is 18.3 Å². The molecule has 0 saturated heterocycles. The Morgan fingerprint density at radius 2 is 2.38 bits per heavy atom. The van der Waals surface area contributed by atoms with Gasteiger partial charge in [0.1, 0.15) is 0 Å². The van der Waals surface area contributed by atoms with E-state index in [-0.39, 0.29) is 0 Å². The number of hydrogen-bond donors (Lipinski definition) is 2. The van der Waals surface area contributed by atoms with Crippen LogP contribution in [0.4, 0.5) is 5.69 Å². The molecule has 68 valence electrons. The van der Waals surface area contributed by atoms with Crippen LogP contribution < -0.4 is 11.2 Å². The van der Waals surface area contributed by atoms with E-state index in [2.05, 4.69) is 6.92 Å². The average molecular weight is 177 g/mol. The minimum atomic E-state index is -0.810. The quantitative estimate of drug-likeness (QED) is 0.436. The lowest BCUT2D eigenvalue weighted by Crippen LogP contribution is -2.42. The second-order valence-electron chi connectivity index (χ2n) is 3.48. The highest BCUT2D eigenvalue weighted by atomic mass is 16.5. The molecule has 3 nitrogen and oxygen atoms in total. The molecular weight excluding hydrogens is 165 g/mol. The fraction of sp³-hybridized carbons (Fsp3) is 0.333. The van der Waals surface area contributed by atoms with Crippen LogP contribution in [0.15, 0.2) is 18.2 Å². The predicted octanol–water partition coefficient (Wildman–Crippen LogP) is 0.0900. The zero-order valence-electron chi connectivity index (χ0n) is 7.53. The van der Waals surface area contributed by atoms with Crippen LogP contribution >= 0.6 is 0 Å². The van der Waals surface area contributed by atoms with E-state index in [1.165, 1.54) is 0 Å². The van der Waals surface area contributed by atoms with Gasteiger partial charge in [0.25, 0.3) is 0 Å². The number of benzene rings is 1. The largest absolute Gasteiger partial charge is 0.491 e. The second-order valence-corrected chi connectivity index (χ2v) is 3.48. The highest BCUT2D eigenvalue weighted by molar-refractivity contribution is 6.61. The molecule has 3 N–H and O–H groups in total. The molecule has 0 unspecified atom stereocenters. The smallest absolute Gasteiger partial charge is 0.423 e. The molecule has 0 fully saturated rings. The monoisotopic (exact) mass is 177 g/mol. The summed E-state index contributed by atoms with van der Waals surface area (Å²) in [6, 6.07) is 5.59. The average Bonchev–Trinajstić information content (AvgIpc) is 2.12. The minimum Gasteiger partial charge on any atom is -0.423 e. The first-order valence-electron chi connectivity index (χ1n) is 4.37. The Hall–Kier alpha value is -0.995. The molecule has 0 radical (unpaired) electrons. The maximum atomic E-state index is 9.53. The lowest BCUT2D eigenvalue weighted by Gasteiger charge is -2.24. The Balaban J connectivity index is 2.50. The van der Waals surface area contributed by atoms with Gasteiger partial charge >= 0.3 is 7.12 Å². The van der Waals surface area contributed by atoms with Crippen molar-refractivity contribution in [3.63, 3.8) is 0 Å². The maximum absolute atomic E-state index is 9.53. The Kier molecular flexibility index (Phi) is 2.02. The van der Waals surface area contributed by atoms with E-state index >= 15 is 0 Å². The van der Waals surface area contributed by atoms with E-state index in [1.54, 1.807) is 6.07 Å². The predicted molar refractivity (Wildman–Crippen MR) is 52.8 cm³/mol. The van der Waals surface area contributed by atoms with Crippen molar-refractivity contribution in [3.8, 4) is 0 Å². The summed E-state index contributed by atoms with van der Waals surface area (Å²) in [5.74, 6) is 0.332. The first kappa shape index (κ1) is 8.60. The van der Waals surface area contributed by atoms with Crippen LogP contribution in [-0.2, 0) is 4.65 Å². The lowest BCUT2D eigenvalue weighted by molar-refractivity contribution is 0.245. The third-order valence-corrected chi connectivity index (χ3v) is 2.41. The number of fused-ring (bicyclic) bond motifs is 1. The minimum absolute atomic E-state index is 0.332. The number of hydrogen-bond acceptors (Lipinski definition) is 3. The standard InChI is InChI=1S/C9H12BNO2/c1-6-5-13-10(12)9-4-7(11)2-3-8(6)9/h2-4,6,12H,5,11H2,1H3/t6-/m1/s1. The molecule has 13 heavy (non-hydrogen) atoms. The van der Waals surface area contributed by atoms with Gasteiger partial charge in [-0.2, -0.15) is 0 Å². The van der Waals surface area contributed by atoms with Crippen LogP contribution in [0, 0.1) is 0 Å². The van der Waals surface area contributed by atoms with Crippen LogP contribution in [0.2, 0.25) is 0 Å². The van der Waals surface area contributed by atoms with Gasteiger partial charge in [-0.05, 0) is 23.2 Å². The molecule has 4 heteroatoms. The molecule has 1 aromatic rings. The fourth-order valence-electron chi connectivity index (χ4n) is 1.67. The zero-order valence-corrected chi connectivity index (χ0v) is 7.53. The van der Waals surface area contributed by atoms with Crippen molar-refractivity contribution in [2.45, 2.75) is 12.8 Å². The third kappa shape index (κ3) is 1.43. The first-order chi connectivity index (χ1) is 6.18. The van der Waals surface area contributed by atoms with Crippen LogP contribution in [0.25, 0.3) is 0 Å². The van der Waals surface area contributed by atoms with Gasteiger partial charge in [0.15, 0.2) is 0 Å². The van der Waals surface area contributed by atoms with E-state index in [0.717, 1.165) is 11.0 Å². The summed E-state index contributed by atoms with van der Waals surface area (Å²) in [6.07, 6.45) is 0. The summed E-state index contributed by atoms with van der Waals surface area (Å²) >= 11 is 0. The van der Waals surface area contributed by atoms with Crippen molar-refractivity contribution in [2.75, 3.05) is 12.3 Å².